The molecule has 3 heterocycles. The number of anilines is 2. The van der Waals surface area contributed by atoms with Crippen LogP contribution in [0.3, 0.4) is 0 Å². The van der Waals surface area contributed by atoms with E-state index < -0.39 is 6.43 Å². The van der Waals surface area contributed by atoms with Gasteiger partial charge in [0.15, 0.2) is 5.65 Å². The molecule has 1 aliphatic rings. The second kappa shape index (κ2) is 6.72. The van der Waals surface area contributed by atoms with Gasteiger partial charge in [-0.05, 0) is 38.1 Å². The average molecular weight is 344 g/mol. The zero-order valence-corrected chi connectivity index (χ0v) is 13.5. The molecule has 2 aromatic heterocycles. The number of benzene rings is 1. The molecule has 0 unspecified atom stereocenters. The van der Waals surface area contributed by atoms with Crippen molar-refractivity contribution in [3.8, 4) is 0 Å². The minimum Gasteiger partial charge on any atom is -0.340 e. The SMILES string of the molecule is FC(F)c1cccc(Nc2ncnc3c2cnn3C2CCNCC2)c1. The van der Waals surface area contributed by atoms with Gasteiger partial charge in [0.25, 0.3) is 6.43 Å². The molecule has 0 aliphatic carbocycles. The van der Waals surface area contributed by atoms with Crippen LogP contribution in [0.25, 0.3) is 11.0 Å². The van der Waals surface area contributed by atoms with E-state index in [1.807, 2.05) is 4.68 Å². The van der Waals surface area contributed by atoms with E-state index in [4.69, 9.17) is 0 Å². The van der Waals surface area contributed by atoms with Crippen molar-refractivity contribution in [2.75, 3.05) is 18.4 Å². The number of fused-ring (bicyclic) bond motifs is 1. The van der Waals surface area contributed by atoms with Crippen molar-refractivity contribution in [1.82, 2.24) is 25.1 Å². The standard InChI is InChI=1S/C17H18F2N6/c18-15(19)11-2-1-3-12(8-11)24-16-14-9-23-25(17(14)22-10-21-16)13-4-6-20-7-5-13/h1-3,8-10,13,15,20H,4-7H2,(H,21,22,24). The molecule has 130 valence electrons. The van der Waals surface area contributed by atoms with E-state index in [0.717, 1.165) is 37.0 Å². The maximum absolute atomic E-state index is 12.9. The molecule has 1 saturated heterocycles. The van der Waals surface area contributed by atoms with Crippen molar-refractivity contribution >= 4 is 22.5 Å². The number of hydrogen-bond acceptors (Lipinski definition) is 5. The molecule has 25 heavy (non-hydrogen) atoms. The number of rotatable bonds is 4. The summed E-state index contributed by atoms with van der Waals surface area (Å²) in [7, 11) is 0. The highest BCUT2D eigenvalue weighted by atomic mass is 19.3. The van der Waals surface area contributed by atoms with Crippen LogP contribution in [0.5, 0.6) is 0 Å². The maximum atomic E-state index is 12.9. The molecule has 0 spiro atoms. The third-order valence-electron chi connectivity index (χ3n) is 4.45. The molecule has 4 rings (SSSR count). The Morgan fingerprint density at radius 2 is 2.04 bits per heavy atom. The molecule has 1 aliphatic heterocycles. The number of halogens is 2. The fourth-order valence-electron chi connectivity index (χ4n) is 3.17. The molecule has 8 heteroatoms. The molecule has 0 atom stereocenters. The quantitative estimate of drug-likeness (QED) is 0.759. The normalized spacial score (nSPS) is 15.8. The second-order valence-corrected chi connectivity index (χ2v) is 6.08. The van der Waals surface area contributed by atoms with Crippen LogP contribution in [0.4, 0.5) is 20.3 Å². The van der Waals surface area contributed by atoms with Gasteiger partial charge in [0, 0.05) is 11.3 Å². The van der Waals surface area contributed by atoms with Crippen LogP contribution >= 0.6 is 0 Å². The number of piperidine rings is 1. The average Bonchev–Trinajstić information content (AvgIpc) is 3.08. The van der Waals surface area contributed by atoms with Crippen molar-refractivity contribution in [3.63, 3.8) is 0 Å². The molecule has 6 nitrogen and oxygen atoms in total. The molecular weight excluding hydrogens is 326 g/mol. The minimum atomic E-state index is -2.50. The molecule has 0 amide bonds. The summed E-state index contributed by atoms with van der Waals surface area (Å²) in [6.07, 6.45) is 2.70. The van der Waals surface area contributed by atoms with E-state index in [0.29, 0.717) is 17.5 Å². The molecule has 2 N–H and O–H groups in total. The van der Waals surface area contributed by atoms with Crippen LogP contribution < -0.4 is 10.6 Å². The number of nitrogens with one attached hydrogen (secondary N) is 2. The molecule has 0 saturated carbocycles. The van der Waals surface area contributed by atoms with Crippen molar-refractivity contribution in [2.45, 2.75) is 25.3 Å². The van der Waals surface area contributed by atoms with Gasteiger partial charge in [-0.25, -0.2) is 23.4 Å². The Bertz CT molecular complexity index is 872. The Morgan fingerprint density at radius 3 is 2.84 bits per heavy atom. The summed E-state index contributed by atoms with van der Waals surface area (Å²) in [4.78, 5) is 8.63. The smallest absolute Gasteiger partial charge is 0.263 e. The third kappa shape index (κ3) is 3.17. The highest BCUT2D eigenvalue weighted by molar-refractivity contribution is 5.88. The number of hydrogen-bond donors (Lipinski definition) is 2. The largest absolute Gasteiger partial charge is 0.340 e. The van der Waals surface area contributed by atoms with Crippen LogP contribution in [0, 0.1) is 0 Å². The van der Waals surface area contributed by atoms with Crippen molar-refractivity contribution in [1.29, 1.82) is 0 Å². The first kappa shape index (κ1) is 15.9. The summed E-state index contributed by atoms with van der Waals surface area (Å²) in [5.74, 6) is 0.566. The van der Waals surface area contributed by atoms with Gasteiger partial charge in [0.1, 0.15) is 12.1 Å². The number of alkyl halides is 2. The Balaban J connectivity index is 1.66. The summed E-state index contributed by atoms with van der Waals surface area (Å²) in [6.45, 7) is 1.92. The van der Waals surface area contributed by atoms with Crippen LogP contribution in [0.15, 0.2) is 36.8 Å². The lowest BCUT2D eigenvalue weighted by atomic mass is 10.1. The number of aromatic nitrogens is 4. The first-order chi connectivity index (χ1) is 12.2. The fraction of sp³-hybridized carbons (Fsp3) is 0.353. The van der Waals surface area contributed by atoms with E-state index in [2.05, 4.69) is 25.7 Å². The third-order valence-corrected chi connectivity index (χ3v) is 4.45. The van der Waals surface area contributed by atoms with E-state index in [-0.39, 0.29) is 5.56 Å². The maximum Gasteiger partial charge on any atom is 0.263 e. The summed E-state index contributed by atoms with van der Waals surface area (Å²) in [5, 5.41) is 11.7. The first-order valence-electron chi connectivity index (χ1n) is 8.26. The zero-order valence-electron chi connectivity index (χ0n) is 13.5. The van der Waals surface area contributed by atoms with Gasteiger partial charge in [-0.1, -0.05) is 12.1 Å². The molecule has 1 fully saturated rings. The van der Waals surface area contributed by atoms with Gasteiger partial charge < -0.3 is 10.6 Å². The fourth-order valence-corrected chi connectivity index (χ4v) is 3.17. The predicted octanol–water partition coefficient (Wildman–Crippen LogP) is 3.43. The summed E-state index contributed by atoms with van der Waals surface area (Å²) in [6, 6.07) is 6.47. The minimum absolute atomic E-state index is 0.0271. The Kier molecular flexibility index (Phi) is 4.27. The lowest BCUT2D eigenvalue weighted by Crippen LogP contribution is -2.29. The molecule has 1 aromatic carbocycles. The Labute approximate surface area is 143 Å². The van der Waals surface area contributed by atoms with E-state index in [1.54, 1.807) is 18.3 Å². The summed E-state index contributed by atoms with van der Waals surface area (Å²) < 4.78 is 27.7. The van der Waals surface area contributed by atoms with Crippen molar-refractivity contribution < 1.29 is 8.78 Å². The second-order valence-electron chi connectivity index (χ2n) is 6.08. The Morgan fingerprint density at radius 1 is 1.20 bits per heavy atom. The van der Waals surface area contributed by atoms with Crippen LogP contribution in [0.1, 0.15) is 30.9 Å². The van der Waals surface area contributed by atoms with Gasteiger partial charge in [0.05, 0.1) is 17.6 Å². The van der Waals surface area contributed by atoms with Gasteiger partial charge in [-0.15, -0.1) is 0 Å². The Hall–Kier alpha value is -2.61. The van der Waals surface area contributed by atoms with Crippen LogP contribution in [0.2, 0.25) is 0 Å². The van der Waals surface area contributed by atoms with Crippen LogP contribution in [-0.2, 0) is 0 Å². The molecule has 0 bridgehead atoms. The van der Waals surface area contributed by atoms with Gasteiger partial charge >= 0.3 is 0 Å². The lowest BCUT2D eigenvalue weighted by Gasteiger charge is -2.23. The molecular formula is C17H18F2N6. The van der Waals surface area contributed by atoms with Crippen LogP contribution in [-0.4, -0.2) is 32.8 Å². The first-order valence-corrected chi connectivity index (χ1v) is 8.26. The number of nitrogens with zero attached hydrogens (tertiary/aromatic N) is 4. The zero-order chi connectivity index (χ0) is 17.2. The molecule has 3 aromatic rings. The highest BCUT2D eigenvalue weighted by Gasteiger charge is 2.20. The summed E-state index contributed by atoms with van der Waals surface area (Å²) in [5.41, 5.74) is 1.29. The van der Waals surface area contributed by atoms with Crippen molar-refractivity contribution in [3.05, 3.63) is 42.4 Å². The van der Waals surface area contributed by atoms with Gasteiger partial charge in [-0.3, -0.25) is 0 Å². The lowest BCUT2D eigenvalue weighted by molar-refractivity contribution is 0.151. The van der Waals surface area contributed by atoms with E-state index >= 15 is 0 Å². The summed E-state index contributed by atoms with van der Waals surface area (Å²) >= 11 is 0. The topological polar surface area (TPSA) is 67.7 Å². The predicted molar refractivity (Wildman–Crippen MR) is 91.1 cm³/mol. The van der Waals surface area contributed by atoms with Gasteiger partial charge in [0.2, 0.25) is 0 Å². The van der Waals surface area contributed by atoms with Crippen molar-refractivity contribution in [2.24, 2.45) is 0 Å². The van der Waals surface area contributed by atoms with E-state index in [9.17, 15) is 8.78 Å². The monoisotopic (exact) mass is 344 g/mol. The van der Waals surface area contributed by atoms with E-state index in [1.165, 1.54) is 18.5 Å². The van der Waals surface area contributed by atoms with Gasteiger partial charge in [-0.2, -0.15) is 5.10 Å². The molecule has 0 radical (unpaired) electrons. The highest BCUT2D eigenvalue weighted by Crippen LogP contribution is 2.28.